The summed E-state index contributed by atoms with van der Waals surface area (Å²) < 4.78 is 7.19. The van der Waals surface area contributed by atoms with Gasteiger partial charge in [0, 0.05) is 31.4 Å². The summed E-state index contributed by atoms with van der Waals surface area (Å²) in [7, 11) is 1.84. The summed E-state index contributed by atoms with van der Waals surface area (Å²) in [6, 6.07) is 5.02. The third kappa shape index (κ3) is 3.45. The minimum Gasteiger partial charge on any atom is -0.478 e. The largest absolute Gasteiger partial charge is 0.478 e. The van der Waals surface area contributed by atoms with E-state index in [1.54, 1.807) is 27.8 Å². The number of aryl methyl sites for hydroxylation is 1. The first-order chi connectivity index (χ1) is 11.7. The van der Waals surface area contributed by atoms with Gasteiger partial charge in [0.2, 0.25) is 0 Å². The number of fused-ring (bicyclic) bond motifs is 1. The highest BCUT2D eigenvalue weighted by atomic mass is 16.6. The molecule has 7 nitrogen and oxygen atoms in total. The maximum Gasteiger partial charge on any atom is 0.410 e. The van der Waals surface area contributed by atoms with Crippen molar-refractivity contribution in [3.05, 3.63) is 29.5 Å². The maximum absolute atomic E-state index is 12.3. The summed E-state index contributed by atoms with van der Waals surface area (Å²) in [6.45, 7) is 6.67. The van der Waals surface area contributed by atoms with Gasteiger partial charge in [-0.2, -0.15) is 5.10 Å². The number of aromatic carboxylic acids is 1. The molecular weight excluding hydrogens is 322 g/mol. The third-order valence-electron chi connectivity index (χ3n) is 4.35. The molecule has 7 heteroatoms. The summed E-state index contributed by atoms with van der Waals surface area (Å²) in [5, 5.41) is 14.7. The molecule has 1 aromatic carbocycles. The van der Waals surface area contributed by atoms with Gasteiger partial charge in [-0.25, -0.2) is 9.59 Å². The molecule has 2 heterocycles. The quantitative estimate of drug-likeness (QED) is 0.904. The van der Waals surface area contributed by atoms with E-state index in [-0.39, 0.29) is 17.6 Å². The van der Waals surface area contributed by atoms with E-state index in [1.165, 1.54) is 0 Å². The first kappa shape index (κ1) is 17.3. The maximum atomic E-state index is 12.3. The Bertz CT molecular complexity index is 835. The van der Waals surface area contributed by atoms with Crippen LogP contribution in [0.3, 0.4) is 0 Å². The first-order valence-corrected chi connectivity index (χ1v) is 8.33. The van der Waals surface area contributed by atoms with Gasteiger partial charge in [-0.15, -0.1) is 0 Å². The van der Waals surface area contributed by atoms with Crippen LogP contribution in [0.15, 0.2) is 18.2 Å². The monoisotopic (exact) mass is 345 g/mol. The van der Waals surface area contributed by atoms with Crippen LogP contribution >= 0.6 is 0 Å². The Morgan fingerprint density at radius 1 is 1.32 bits per heavy atom. The molecule has 1 N–H and O–H groups in total. The summed E-state index contributed by atoms with van der Waals surface area (Å²) in [4.78, 5) is 25.2. The van der Waals surface area contributed by atoms with Crippen LogP contribution in [0.25, 0.3) is 10.9 Å². The second kappa shape index (κ2) is 6.06. The van der Waals surface area contributed by atoms with Crippen molar-refractivity contribution in [3.63, 3.8) is 0 Å². The number of carboxylic acids is 1. The molecule has 1 unspecified atom stereocenters. The number of carboxylic acid groups (broad SMARTS) is 1. The lowest BCUT2D eigenvalue weighted by atomic mass is 10.00. The number of nitrogens with zero attached hydrogens (tertiary/aromatic N) is 3. The van der Waals surface area contributed by atoms with Crippen molar-refractivity contribution < 1.29 is 19.4 Å². The van der Waals surface area contributed by atoms with E-state index < -0.39 is 11.6 Å². The van der Waals surface area contributed by atoms with Crippen LogP contribution in [-0.4, -0.2) is 50.5 Å². The zero-order chi connectivity index (χ0) is 18.4. The zero-order valence-electron chi connectivity index (χ0n) is 14.9. The topological polar surface area (TPSA) is 84.7 Å². The minimum absolute atomic E-state index is 0.0697. The Balaban J connectivity index is 1.86. The fraction of sp³-hybridized carbons (Fsp3) is 0.500. The average Bonchev–Trinajstić information content (AvgIpc) is 3.10. The lowest BCUT2D eigenvalue weighted by molar-refractivity contribution is 0.0292. The molecule has 0 spiro atoms. The number of rotatable bonds is 2. The van der Waals surface area contributed by atoms with E-state index in [0.29, 0.717) is 13.1 Å². The molecule has 0 saturated carbocycles. The van der Waals surface area contributed by atoms with Gasteiger partial charge >= 0.3 is 12.1 Å². The smallest absolute Gasteiger partial charge is 0.410 e. The lowest BCUT2D eigenvalue weighted by Gasteiger charge is -2.24. The number of carbonyl (C=O) groups is 2. The predicted octanol–water partition coefficient (Wildman–Crippen LogP) is 3.00. The van der Waals surface area contributed by atoms with Crippen molar-refractivity contribution in [2.24, 2.45) is 7.05 Å². The minimum atomic E-state index is -0.960. The Morgan fingerprint density at radius 2 is 2.04 bits per heavy atom. The summed E-state index contributed by atoms with van der Waals surface area (Å²) in [5.74, 6) is -0.890. The highest BCUT2D eigenvalue weighted by Crippen LogP contribution is 2.32. The van der Waals surface area contributed by atoms with Crippen LogP contribution < -0.4 is 0 Å². The molecule has 0 aliphatic carbocycles. The fourth-order valence-corrected chi connectivity index (χ4v) is 3.20. The van der Waals surface area contributed by atoms with Crippen molar-refractivity contribution in [2.45, 2.75) is 38.7 Å². The van der Waals surface area contributed by atoms with Crippen molar-refractivity contribution in [3.8, 4) is 0 Å². The van der Waals surface area contributed by atoms with E-state index in [1.807, 2.05) is 27.8 Å². The van der Waals surface area contributed by atoms with E-state index in [0.717, 1.165) is 23.0 Å². The molecule has 1 saturated heterocycles. The number of likely N-dealkylation sites (tertiary alicyclic amines) is 1. The number of amides is 1. The average molecular weight is 345 g/mol. The van der Waals surface area contributed by atoms with Gasteiger partial charge in [0.25, 0.3) is 0 Å². The summed E-state index contributed by atoms with van der Waals surface area (Å²) in [6.07, 6.45) is 0.462. The van der Waals surface area contributed by atoms with Crippen LogP contribution in [0.5, 0.6) is 0 Å². The highest BCUT2D eigenvalue weighted by molar-refractivity contribution is 5.94. The number of ether oxygens (including phenoxy) is 1. The molecule has 134 valence electrons. The fourth-order valence-electron chi connectivity index (χ4n) is 3.20. The molecule has 1 atom stereocenters. The van der Waals surface area contributed by atoms with Crippen LogP contribution in [-0.2, 0) is 11.8 Å². The molecule has 1 aliphatic rings. The van der Waals surface area contributed by atoms with Crippen molar-refractivity contribution in [1.29, 1.82) is 0 Å². The van der Waals surface area contributed by atoms with Crippen molar-refractivity contribution >= 4 is 23.0 Å². The molecule has 3 rings (SSSR count). The molecule has 25 heavy (non-hydrogen) atoms. The van der Waals surface area contributed by atoms with Crippen molar-refractivity contribution in [1.82, 2.24) is 14.7 Å². The predicted molar refractivity (Wildman–Crippen MR) is 92.8 cm³/mol. The first-order valence-electron chi connectivity index (χ1n) is 8.33. The van der Waals surface area contributed by atoms with Gasteiger partial charge in [0.05, 0.1) is 16.8 Å². The molecule has 2 aromatic rings. The molecule has 1 amide bonds. The molecule has 0 bridgehead atoms. The Morgan fingerprint density at radius 3 is 2.68 bits per heavy atom. The normalized spacial score (nSPS) is 17.9. The Hall–Kier alpha value is -2.57. The second-order valence-corrected chi connectivity index (χ2v) is 7.46. The van der Waals surface area contributed by atoms with E-state index in [2.05, 4.69) is 5.10 Å². The van der Waals surface area contributed by atoms with Crippen LogP contribution in [0.1, 0.15) is 49.2 Å². The van der Waals surface area contributed by atoms with E-state index in [9.17, 15) is 14.7 Å². The standard InChI is InChI=1S/C18H23N3O4/c1-18(2,3)25-17(24)21-8-7-12(10-21)15-13-9-11(16(22)23)5-6-14(13)20(4)19-15/h5-6,9,12H,7-8,10H2,1-4H3,(H,22,23). The molecule has 1 fully saturated rings. The van der Waals surface area contributed by atoms with Crippen LogP contribution in [0.2, 0.25) is 0 Å². The molecular formula is C18H23N3O4. The number of hydrogen-bond donors (Lipinski definition) is 1. The van der Waals surface area contributed by atoms with Gasteiger partial charge in [0.15, 0.2) is 0 Å². The number of hydrogen-bond acceptors (Lipinski definition) is 4. The number of aromatic nitrogens is 2. The molecule has 1 aromatic heterocycles. The van der Waals surface area contributed by atoms with Crippen LogP contribution in [0, 0.1) is 0 Å². The molecule has 0 radical (unpaired) electrons. The van der Waals surface area contributed by atoms with Gasteiger partial charge in [-0.05, 0) is 45.4 Å². The number of carbonyl (C=O) groups excluding carboxylic acids is 1. The Kier molecular flexibility index (Phi) is 4.18. The van der Waals surface area contributed by atoms with Gasteiger partial charge in [0.1, 0.15) is 5.60 Å². The van der Waals surface area contributed by atoms with Crippen molar-refractivity contribution in [2.75, 3.05) is 13.1 Å². The van der Waals surface area contributed by atoms with Gasteiger partial charge in [-0.1, -0.05) is 0 Å². The van der Waals surface area contributed by atoms with Gasteiger partial charge < -0.3 is 14.7 Å². The third-order valence-corrected chi connectivity index (χ3v) is 4.35. The highest BCUT2D eigenvalue weighted by Gasteiger charge is 2.33. The number of benzene rings is 1. The van der Waals surface area contributed by atoms with E-state index >= 15 is 0 Å². The SMILES string of the molecule is Cn1nc(C2CCN(C(=O)OC(C)(C)C)C2)c2cc(C(=O)O)ccc21. The summed E-state index contributed by atoms with van der Waals surface area (Å²) >= 11 is 0. The van der Waals surface area contributed by atoms with E-state index in [4.69, 9.17) is 4.74 Å². The zero-order valence-corrected chi connectivity index (χ0v) is 14.9. The lowest BCUT2D eigenvalue weighted by Crippen LogP contribution is -2.35. The Labute approximate surface area is 146 Å². The summed E-state index contributed by atoms with van der Waals surface area (Å²) in [5.41, 5.74) is 1.44. The molecule has 1 aliphatic heterocycles. The second-order valence-electron chi connectivity index (χ2n) is 7.46. The van der Waals surface area contributed by atoms with Gasteiger partial charge in [-0.3, -0.25) is 4.68 Å². The van der Waals surface area contributed by atoms with Crippen LogP contribution in [0.4, 0.5) is 4.79 Å².